The number of hydrogen-bond donors (Lipinski definition) is 2. The van der Waals surface area contributed by atoms with Gasteiger partial charge in [-0.25, -0.2) is 0 Å². The molecule has 3 N–H and O–H groups in total. The molecule has 0 unspecified atom stereocenters. The van der Waals surface area contributed by atoms with Crippen LogP contribution in [-0.2, 0) is 4.79 Å². The van der Waals surface area contributed by atoms with E-state index in [0.29, 0.717) is 10.7 Å². The molecule has 0 heterocycles. The van der Waals surface area contributed by atoms with Crippen LogP contribution < -0.4 is 15.4 Å². The van der Waals surface area contributed by atoms with Gasteiger partial charge in [0.05, 0.1) is 23.8 Å². The van der Waals surface area contributed by atoms with Crippen LogP contribution in [0.25, 0.3) is 0 Å². The molecule has 1 amide bonds. The molecule has 2 aromatic rings. The van der Waals surface area contributed by atoms with Crippen LogP contribution in [-0.4, -0.2) is 24.0 Å². The second-order valence-electron chi connectivity index (χ2n) is 5.96. The van der Waals surface area contributed by atoms with E-state index >= 15 is 0 Å². The molecule has 2 aromatic carbocycles. The highest BCUT2D eigenvalue weighted by Crippen LogP contribution is 2.29. The number of non-ortho nitro benzene ring substituents is 1. The second kappa shape index (κ2) is 8.64. The van der Waals surface area contributed by atoms with Crippen LogP contribution in [0.4, 0.5) is 11.4 Å². The molecule has 26 heavy (non-hydrogen) atoms. The van der Waals surface area contributed by atoms with Gasteiger partial charge in [-0.2, -0.15) is 0 Å². The minimum Gasteiger partial charge on any atom is -0.494 e. The maximum Gasteiger partial charge on any atom is 0.282 e. The molecule has 0 aliphatic heterocycles. The van der Waals surface area contributed by atoms with Crippen LogP contribution in [0.5, 0.6) is 5.75 Å². The van der Waals surface area contributed by atoms with E-state index in [4.69, 9.17) is 16.3 Å². The van der Waals surface area contributed by atoms with Gasteiger partial charge in [0, 0.05) is 16.7 Å². The van der Waals surface area contributed by atoms with Crippen molar-refractivity contribution in [1.82, 2.24) is 0 Å². The number of hydrogen-bond acceptors (Lipinski definition) is 4. The van der Waals surface area contributed by atoms with Crippen LogP contribution in [0.3, 0.4) is 0 Å². The number of ether oxygens (including phenoxy) is 1. The van der Waals surface area contributed by atoms with Crippen molar-refractivity contribution in [2.24, 2.45) is 0 Å². The quantitative estimate of drug-likeness (QED) is 0.571. The number of nitrogens with two attached hydrogens (primary N) is 1. The second-order valence-corrected chi connectivity index (χ2v) is 6.39. The number of halogens is 1. The Hall–Kier alpha value is -2.64. The van der Waals surface area contributed by atoms with Gasteiger partial charge in [0.15, 0.2) is 6.04 Å². The Bertz CT molecular complexity index is 813. The van der Waals surface area contributed by atoms with Gasteiger partial charge in [-0.1, -0.05) is 23.7 Å². The molecule has 2 atom stereocenters. The summed E-state index contributed by atoms with van der Waals surface area (Å²) in [5, 5.41) is 16.2. The van der Waals surface area contributed by atoms with Crippen molar-refractivity contribution in [1.29, 1.82) is 0 Å². The first kappa shape index (κ1) is 19.7. The summed E-state index contributed by atoms with van der Waals surface area (Å²) in [5.41, 5.74) is 1.30. The SMILES string of the molecule is COc1cc([N+](=O)[O-])ccc1NC(=O)[C@@H](C)[NH2+][C@@H](C)c1cccc(Cl)c1. The maximum absolute atomic E-state index is 12.5. The molecule has 0 spiro atoms. The number of carbonyl (C=O) groups is 1. The minimum absolute atomic E-state index is 0.0354. The van der Waals surface area contributed by atoms with E-state index in [2.05, 4.69) is 5.32 Å². The van der Waals surface area contributed by atoms with E-state index in [0.717, 1.165) is 5.56 Å². The van der Waals surface area contributed by atoms with Crippen LogP contribution in [0.2, 0.25) is 5.02 Å². The summed E-state index contributed by atoms with van der Waals surface area (Å²) in [4.78, 5) is 22.8. The van der Waals surface area contributed by atoms with E-state index in [-0.39, 0.29) is 29.4 Å². The van der Waals surface area contributed by atoms with Crippen molar-refractivity contribution >= 4 is 28.9 Å². The average Bonchev–Trinajstić information content (AvgIpc) is 2.61. The lowest BCUT2D eigenvalue weighted by Crippen LogP contribution is -2.91. The van der Waals surface area contributed by atoms with Crippen LogP contribution in [0, 0.1) is 10.1 Å². The lowest BCUT2D eigenvalue weighted by molar-refractivity contribution is -0.709. The number of methoxy groups -OCH3 is 1. The molecule has 8 heteroatoms. The lowest BCUT2D eigenvalue weighted by atomic mass is 10.1. The molecule has 0 aliphatic carbocycles. The zero-order valence-electron chi connectivity index (χ0n) is 14.7. The number of quaternary nitrogens is 1. The predicted molar refractivity (Wildman–Crippen MR) is 99.5 cm³/mol. The van der Waals surface area contributed by atoms with Crippen molar-refractivity contribution in [3.8, 4) is 5.75 Å². The predicted octanol–water partition coefficient (Wildman–Crippen LogP) is 2.91. The van der Waals surface area contributed by atoms with E-state index in [9.17, 15) is 14.9 Å². The number of carbonyl (C=O) groups excluding carboxylic acids is 1. The highest BCUT2D eigenvalue weighted by atomic mass is 35.5. The fourth-order valence-electron chi connectivity index (χ4n) is 2.56. The monoisotopic (exact) mass is 378 g/mol. The summed E-state index contributed by atoms with van der Waals surface area (Å²) < 4.78 is 5.14. The highest BCUT2D eigenvalue weighted by molar-refractivity contribution is 6.30. The number of nitrogens with zero attached hydrogens (tertiary/aromatic N) is 1. The molecule has 0 bridgehead atoms. The smallest absolute Gasteiger partial charge is 0.282 e. The Morgan fingerprint density at radius 1 is 1.27 bits per heavy atom. The topological polar surface area (TPSA) is 98.1 Å². The number of anilines is 1. The Balaban J connectivity index is 2.06. The largest absolute Gasteiger partial charge is 0.494 e. The normalized spacial score (nSPS) is 12.9. The molecule has 0 radical (unpaired) electrons. The number of nitrogens with one attached hydrogen (secondary N) is 1. The number of nitro groups is 1. The fraction of sp³-hybridized carbons (Fsp3) is 0.278. The van der Waals surface area contributed by atoms with Crippen molar-refractivity contribution < 1.29 is 19.8 Å². The zero-order chi connectivity index (χ0) is 19.3. The van der Waals surface area contributed by atoms with Gasteiger partial charge in [-0.15, -0.1) is 0 Å². The third-order valence-electron chi connectivity index (χ3n) is 4.02. The summed E-state index contributed by atoms with van der Waals surface area (Å²) in [6, 6.07) is 11.2. The van der Waals surface area contributed by atoms with Gasteiger partial charge in [0.1, 0.15) is 11.8 Å². The van der Waals surface area contributed by atoms with Crippen molar-refractivity contribution in [2.45, 2.75) is 25.9 Å². The van der Waals surface area contributed by atoms with Gasteiger partial charge in [-0.3, -0.25) is 14.9 Å². The summed E-state index contributed by atoms with van der Waals surface area (Å²) in [6.45, 7) is 3.77. The Morgan fingerprint density at radius 2 is 2.00 bits per heavy atom. The Labute approximate surface area is 156 Å². The Kier molecular flexibility index (Phi) is 6.54. The first-order chi connectivity index (χ1) is 12.3. The molecule has 0 aliphatic rings. The molecule has 138 valence electrons. The van der Waals surface area contributed by atoms with Crippen molar-refractivity contribution in [2.75, 3.05) is 12.4 Å². The summed E-state index contributed by atoms with van der Waals surface area (Å²) in [6.07, 6.45) is 0. The summed E-state index contributed by atoms with van der Waals surface area (Å²) >= 11 is 6.01. The summed E-state index contributed by atoms with van der Waals surface area (Å²) in [7, 11) is 1.39. The third kappa shape index (κ3) is 4.93. The van der Waals surface area contributed by atoms with Crippen LogP contribution in [0.1, 0.15) is 25.5 Å². The van der Waals surface area contributed by atoms with E-state index in [1.54, 1.807) is 13.0 Å². The average molecular weight is 379 g/mol. The van der Waals surface area contributed by atoms with Gasteiger partial charge in [-0.05, 0) is 32.0 Å². The molecule has 0 fully saturated rings. The number of rotatable bonds is 7. The first-order valence-electron chi connectivity index (χ1n) is 8.05. The fourth-order valence-corrected chi connectivity index (χ4v) is 2.76. The van der Waals surface area contributed by atoms with Gasteiger partial charge < -0.3 is 15.4 Å². The molecule has 0 saturated carbocycles. The molecule has 0 saturated heterocycles. The third-order valence-corrected chi connectivity index (χ3v) is 4.25. The molecular formula is C18H21ClN3O4+. The van der Waals surface area contributed by atoms with Crippen molar-refractivity contribution in [3.63, 3.8) is 0 Å². The maximum atomic E-state index is 12.5. The molecule has 0 aromatic heterocycles. The van der Waals surface area contributed by atoms with E-state index in [1.165, 1.54) is 25.3 Å². The van der Waals surface area contributed by atoms with E-state index < -0.39 is 4.92 Å². The number of nitro benzene ring substituents is 1. The number of benzene rings is 2. The van der Waals surface area contributed by atoms with E-state index in [1.807, 2.05) is 30.4 Å². The van der Waals surface area contributed by atoms with Crippen molar-refractivity contribution in [3.05, 3.63) is 63.2 Å². The standard InChI is InChI=1S/C18H20ClN3O4/c1-11(13-5-4-6-14(19)9-13)20-12(2)18(23)21-16-8-7-15(22(24)25)10-17(16)26-3/h4-12,20H,1-3H3,(H,21,23)/p+1/t11-,12+/m0/s1. The van der Waals surface area contributed by atoms with Crippen LogP contribution >= 0.6 is 11.6 Å². The molecular weight excluding hydrogens is 358 g/mol. The minimum atomic E-state index is -0.517. The summed E-state index contributed by atoms with van der Waals surface area (Å²) in [5.74, 6) is 0.00803. The Morgan fingerprint density at radius 3 is 2.62 bits per heavy atom. The van der Waals surface area contributed by atoms with Gasteiger partial charge in [0.2, 0.25) is 0 Å². The highest BCUT2D eigenvalue weighted by Gasteiger charge is 2.22. The van der Waals surface area contributed by atoms with Crippen LogP contribution in [0.15, 0.2) is 42.5 Å². The van der Waals surface area contributed by atoms with Gasteiger partial charge in [0.25, 0.3) is 11.6 Å². The lowest BCUT2D eigenvalue weighted by Gasteiger charge is -2.17. The molecule has 7 nitrogen and oxygen atoms in total. The zero-order valence-corrected chi connectivity index (χ0v) is 15.5. The number of amides is 1. The first-order valence-corrected chi connectivity index (χ1v) is 8.43. The molecule has 2 rings (SSSR count). The van der Waals surface area contributed by atoms with Gasteiger partial charge >= 0.3 is 0 Å².